The van der Waals surface area contributed by atoms with E-state index in [0.717, 1.165) is 11.3 Å². The van der Waals surface area contributed by atoms with Crippen molar-refractivity contribution in [2.75, 3.05) is 12.4 Å². The van der Waals surface area contributed by atoms with Crippen LogP contribution in [0.2, 0.25) is 0 Å². The highest BCUT2D eigenvalue weighted by molar-refractivity contribution is 5.92. The van der Waals surface area contributed by atoms with E-state index in [0.29, 0.717) is 5.82 Å². The van der Waals surface area contributed by atoms with Crippen LogP contribution in [0.25, 0.3) is 0 Å². The summed E-state index contributed by atoms with van der Waals surface area (Å²) in [5.41, 5.74) is 2.04. The number of hydrogen-bond donors (Lipinski definition) is 1. The normalized spacial score (nSPS) is 10.2. The van der Waals surface area contributed by atoms with Gasteiger partial charge in [-0.1, -0.05) is 12.1 Å². The van der Waals surface area contributed by atoms with Crippen LogP contribution in [-0.4, -0.2) is 28.5 Å². The van der Waals surface area contributed by atoms with E-state index in [2.05, 4.69) is 15.0 Å². The lowest BCUT2D eigenvalue weighted by Gasteiger charge is -2.10. The van der Waals surface area contributed by atoms with E-state index in [9.17, 15) is 9.59 Å². The number of benzene rings is 1. The number of carbonyl (C=O) groups is 2. The largest absolute Gasteiger partial charge is 0.464 e. The fraction of sp³-hybridized carbons (Fsp3) is 0.267. The molecule has 1 aromatic heterocycles. The van der Waals surface area contributed by atoms with Gasteiger partial charge in [0.05, 0.1) is 13.3 Å². The van der Waals surface area contributed by atoms with E-state index in [4.69, 9.17) is 0 Å². The minimum atomic E-state index is -0.515. The van der Waals surface area contributed by atoms with Crippen molar-refractivity contribution >= 4 is 17.6 Å². The molecule has 2 rings (SSSR count). The summed E-state index contributed by atoms with van der Waals surface area (Å²) < 4.78 is 6.20. The number of rotatable bonds is 4. The SMILES string of the molecule is COC(=O)c1cnc(C)n1CC(=O)Nc1cccc(C)c1. The molecule has 0 aliphatic rings. The summed E-state index contributed by atoms with van der Waals surface area (Å²) in [4.78, 5) is 27.8. The first-order valence-electron chi connectivity index (χ1n) is 6.48. The molecule has 0 fully saturated rings. The van der Waals surface area contributed by atoms with Gasteiger partial charge in [-0.2, -0.15) is 0 Å². The van der Waals surface area contributed by atoms with Gasteiger partial charge in [-0.3, -0.25) is 4.79 Å². The molecular weight excluding hydrogens is 270 g/mol. The minimum absolute atomic E-state index is 0.00418. The first-order chi connectivity index (χ1) is 10.0. The maximum Gasteiger partial charge on any atom is 0.356 e. The Morgan fingerprint density at radius 1 is 1.33 bits per heavy atom. The molecular formula is C15H17N3O3. The van der Waals surface area contributed by atoms with Crippen LogP contribution in [0.5, 0.6) is 0 Å². The molecule has 0 aliphatic carbocycles. The lowest BCUT2D eigenvalue weighted by Crippen LogP contribution is -2.22. The Balaban J connectivity index is 2.13. The van der Waals surface area contributed by atoms with Crippen molar-refractivity contribution in [3.05, 3.63) is 47.5 Å². The third-order valence-corrected chi connectivity index (χ3v) is 3.05. The molecule has 0 saturated heterocycles. The van der Waals surface area contributed by atoms with Gasteiger partial charge in [-0.25, -0.2) is 9.78 Å². The maximum absolute atomic E-state index is 12.1. The molecule has 1 aromatic carbocycles. The van der Waals surface area contributed by atoms with Gasteiger partial charge in [0.15, 0.2) is 0 Å². The topological polar surface area (TPSA) is 73.2 Å². The lowest BCUT2D eigenvalue weighted by atomic mass is 10.2. The molecule has 0 aliphatic heterocycles. The molecule has 110 valence electrons. The number of esters is 1. The van der Waals surface area contributed by atoms with Gasteiger partial charge in [-0.05, 0) is 31.5 Å². The third kappa shape index (κ3) is 3.47. The van der Waals surface area contributed by atoms with Crippen LogP contribution in [0.4, 0.5) is 5.69 Å². The van der Waals surface area contributed by atoms with Crippen molar-refractivity contribution in [3.8, 4) is 0 Å². The van der Waals surface area contributed by atoms with Crippen LogP contribution in [0.15, 0.2) is 30.5 Å². The Morgan fingerprint density at radius 3 is 2.76 bits per heavy atom. The zero-order valence-corrected chi connectivity index (χ0v) is 12.2. The van der Waals surface area contributed by atoms with Crippen molar-refractivity contribution in [2.24, 2.45) is 0 Å². The summed E-state index contributed by atoms with van der Waals surface area (Å²) in [6.07, 6.45) is 1.40. The summed E-state index contributed by atoms with van der Waals surface area (Å²) in [6.45, 7) is 3.68. The molecule has 1 heterocycles. The van der Waals surface area contributed by atoms with Gasteiger partial charge in [0.1, 0.15) is 18.1 Å². The number of methoxy groups -OCH3 is 1. The Kier molecular flexibility index (Phi) is 4.37. The first kappa shape index (κ1) is 14.8. The average molecular weight is 287 g/mol. The van der Waals surface area contributed by atoms with Gasteiger partial charge >= 0.3 is 5.97 Å². The average Bonchev–Trinajstić information content (AvgIpc) is 2.79. The smallest absolute Gasteiger partial charge is 0.356 e. The summed E-state index contributed by atoms with van der Waals surface area (Å²) >= 11 is 0. The molecule has 1 amide bonds. The fourth-order valence-corrected chi connectivity index (χ4v) is 2.00. The number of hydrogen-bond acceptors (Lipinski definition) is 4. The van der Waals surface area contributed by atoms with Gasteiger partial charge < -0.3 is 14.6 Å². The van der Waals surface area contributed by atoms with Crippen molar-refractivity contribution in [3.63, 3.8) is 0 Å². The number of nitrogens with zero attached hydrogens (tertiary/aromatic N) is 2. The molecule has 0 spiro atoms. The van der Waals surface area contributed by atoms with E-state index in [1.165, 1.54) is 17.9 Å². The summed E-state index contributed by atoms with van der Waals surface area (Å²) in [6, 6.07) is 7.51. The van der Waals surface area contributed by atoms with Gasteiger partial charge in [0.25, 0.3) is 0 Å². The quantitative estimate of drug-likeness (QED) is 0.872. The molecule has 6 nitrogen and oxygen atoms in total. The summed E-state index contributed by atoms with van der Waals surface area (Å²) in [5.74, 6) is -0.166. The molecule has 6 heteroatoms. The van der Waals surface area contributed by atoms with E-state index >= 15 is 0 Å². The number of amides is 1. The van der Waals surface area contributed by atoms with Crippen LogP contribution in [0.3, 0.4) is 0 Å². The zero-order chi connectivity index (χ0) is 15.4. The van der Waals surface area contributed by atoms with Gasteiger partial charge in [0, 0.05) is 5.69 Å². The van der Waals surface area contributed by atoms with Crippen molar-refractivity contribution < 1.29 is 14.3 Å². The van der Waals surface area contributed by atoms with Crippen LogP contribution in [0, 0.1) is 13.8 Å². The predicted octanol–water partition coefficient (Wildman–Crippen LogP) is 1.93. The number of aryl methyl sites for hydroxylation is 2. The molecule has 0 atom stereocenters. The van der Waals surface area contributed by atoms with Crippen molar-refractivity contribution in [1.29, 1.82) is 0 Å². The van der Waals surface area contributed by atoms with Gasteiger partial charge in [0.2, 0.25) is 5.91 Å². The van der Waals surface area contributed by atoms with Gasteiger partial charge in [-0.15, -0.1) is 0 Å². The number of ether oxygens (including phenoxy) is 1. The highest BCUT2D eigenvalue weighted by Gasteiger charge is 2.17. The standard InChI is InChI=1S/C15H17N3O3/c1-10-5-4-6-12(7-10)17-14(19)9-18-11(2)16-8-13(18)15(20)21-3/h4-8H,9H2,1-3H3,(H,17,19). The number of aromatic nitrogens is 2. The fourth-order valence-electron chi connectivity index (χ4n) is 2.00. The van der Waals surface area contributed by atoms with E-state index in [-0.39, 0.29) is 18.1 Å². The minimum Gasteiger partial charge on any atom is -0.464 e. The molecule has 1 N–H and O–H groups in total. The maximum atomic E-state index is 12.1. The highest BCUT2D eigenvalue weighted by Crippen LogP contribution is 2.11. The molecule has 0 radical (unpaired) electrons. The molecule has 0 bridgehead atoms. The van der Waals surface area contributed by atoms with E-state index in [1.54, 1.807) is 6.92 Å². The van der Waals surface area contributed by atoms with E-state index < -0.39 is 5.97 Å². The summed E-state index contributed by atoms with van der Waals surface area (Å²) in [7, 11) is 1.29. The second kappa shape index (κ2) is 6.21. The molecule has 2 aromatic rings. The van der Waals surface area contributed by atoms with Crippen LogP contribution < -0.4 is 5.32 Å². The highest BCUT2D eigenvalue weighted by atomic mass is 16.5. The Labute approximate surface area is 122 Å². The second-order valence-electron chi connectivity index (χ2n) is 4.69. The molecule has 21 heavy (non-hydrogen) atoms. The molecule has 0 saturated carbocycles. The van der Waals surface area contributed by atoms with Crippen molar-refractivity contribution in [1.82, 2.24) is 9.55 Å². The predicted molar refractivity (Wildman–Crippen MR) is 78.1 cm³/mol. The number of anilines is 1. The second-order valence-corrected chi connectivity index (χ2v) is 4.69. The van der Waals surface area contributed by atoms with Crippen LogP contribution in [0.1, 0.15) is 21.9 Å². The number of nitrogens with one attached hydrogen (secondary N) is 1. The van der Waals surface area contributed by atoms with E-state index in [1.807, 2.05) is 31.2 Å². The monoisotopic (exact) mass is 287 g/mol. The lowest BCUT2D eigenvalue weighted by molar-refractivity contribution is -0.116. The number of imidazole rings is 1. The van der Waals surface area contributed by atoms with Crippen LogP contribution in [-0.2, 0) is 16.1 Å². The molecule has 0 unspecified atom stereocenters. The Hall–Kier alpha value is -2.63. The van der Waals surface area contributed by atoms with Crippen molar-refractivity contribution in [2.45, 2.75) is 20.4 Å². The zero-order valence-electron chi connectivity index (χ0n) is 12.2. The third-order valence-electron chi connectivity index (χ3n) is 3.05. The van der Waals surface area contributed by atoms with Crippen LogP contribution >= 0.6 is 0 Å². The Bertz CT molecular complexity index is 677. The summed E-state index contributed by atoms with van der Waals surface area (Å²) in [5, 5.41) is 2.79. The Morgan fingerprint density at radius 2 is 2.10 bits per heavy atom. The number of carbonyl (C=O) groups excluding carboxylic acids is 2. The first-order valence-corrected chi connectivity index (χ1v) is 6.48.